The van der Waals surface area contributed by atoms with Gasteiger partial charge in [-0.3, -0.25) is 0 Å². The quantitative estimate of drug-likeness (QED) is 0.679. The monoisotopic (exact) mass is 372 g/mol. The Morgan fingerprint density at radius 2 is 1.81 bits per heavy atom. The molecule has 0 bridgehead atoms. The highest BCUT2D eigenvalue weighted by Crippen LogP contribution is 2.09. The van der Waals surface area contributed by atoms with Gasteiger partial charge in [0.1, 0.15) is 12.2 Å². The van der Waals surface area contributed by atoms with Gasteiger partial charge < -0.3 is 19.5 Å². The van der Waals surface area contributed by atoms with Crippen LogP contribution in [0.25, 0.3) is 0 Å². The number of aromatic nitrogens is 1. The van der Waals surface area contributed by atoms with Crippen molar-refractivity contribution in [1.82, 2.24) is 10.3 Å². The van der Waals surface area contributed by atoms with Gasteiger partial charge in [0, 0.05) is 24.7 Å². The first-order valence-electron chi connectivity index (χ1n) is 9.10. The molecule has 0 saturated carbocycles. The number of benzene rings is 1. The largest absolute Gasteiger partial charge is 0.475 e. The number of hydrogen-bond donors (Lipinski definition) is 1. The maximum atomic E-state index is 11.6. The summed E-state index contributed by atoms with van der Waals surface area (Å²) < 4.78 is 16.4. The molecular weight excluding hydrogens is 344 g/mol. The second-order valence-corrected chi connectivity index (χ2v) is 7.03. The van der Waals surface area contributed by atoms with Crippen molar-refractivity contribution in [2.45, 2.75) is 39.4 Å². The normalized spacial score (nSPS) is 11.1. The fourth-order valence-corrected chi connectivity index (χ4v) is 2.25. The van der Waals surface area contributed by atoms with Crippen LogP contribution in [0.3, 0.4) is 0 Å². The lowest BCUT2D eigenvalue weighted by atomic mass is 10.2. The summed E-state index contributed by atoms with van der Waals surface area (Å²) in [7, 11) is 0. The summed E-state index contributed by atoms with van der Waals surface area (Å²) in [6.07, 6.45) is 0.173. The predicted molar refractivity (Wildman–Crippen MR) is 104 cm³/mol. The zero-order valence-electron chi connectivity index (χ0n) is 16.2. The number of hydrogen-bond acceptors (Lipinski definition) is 5. The van der Waals surface area contributed by atoms with E-state index in [1.807, 2.05) is 69.3 Å². The average Bonchev–Trinajstić information content (AvgIpc) is 2.61. The van der Waals surface area contributed by atoms with Crippen molar-refractivity contribution in [3.63, 3.8) is 0 Å². The molecule has 0 aliphatic heterocycles. The third kappa shape index (κ3) is 9.06. The summed E-state index contributed by atoms with van der Waals surface area (Å²) in [5.74, 6) is 0.549. The summed E-state index contributed by atoms with van der Waals surface area (Å²) >= 11 is 0. The van der Waals surface area contributed by atoms with E-state index in [-0.39, 0.29) is 0 Å². The molecule has 0 aliphatic rings. The van der Waals surface area contributed by atoms with Crippen molar-refractivity contribution in [3.05, 3.63) is 59.8 Å². The molecule has 6 nitrogen and oxygen atoms in total. The molecule has 1 heterocycles. The molecule has 0 fully saturated rings. The van der Waals surface area contributed by atoms with E-state index in [0.29, 0.717) is 38.7 Å². The third-order valence-electron chi connectivity index (χ3n) is 3.42. The van der Waals surface area contributed by atoms with Gasteiger partial charge in [-0.05, 0) is 32.4 Å². The van der Waals surface area contributed by atoms with Gasteiger partial charge in [0.2, 0.25) is 5.88 Å². The smallest absolute Gasteiger partial charge is 0.407 e. The molecule has 27 heavy (non-hydrogen) atoms. The topological polar surface area (TPSA) is 69.7 Å². The van der Waals surface area contributed by atoms with Gasteiger partial charge in [0.05, 0.1) is 13.2 Å². The molecule has 0 aliphatic carbocycles. The summed E-state index contributed by atoms with van der Waals surface area (Å²) in [6, 6.07) is 15.6. The van der Waals surface area contributed by atoms with E-state index in [2.05, 4.69) is 10.3 Å². The summed E-state index contributed by atoms with van der Waals surface area (Å²) in [6.45, 7) is 7.43. The summed E-state index contributed by atoms with van der Waals surface area (Å²) in [5, 5.41) is 2.72. The first-order chi connectivity index (χ1) is 12.9. The minimum Gasteiger partial charge on any atom is -0.475 e. The second kappa shape index (κ2) is 10.5. The Kier molecular flexibility index (Phi) is 8.07. The van der Waals surface area contributed by atoms with Crippen molar-refractivity contribution in [2.24, 2.45) is 0 Å². The Balaban J connectivity index is 1.65. The highest BCUT2D eigenvalue weighted by atomic mass is 16.6. The van der Waals surface area contributed by atoms with Crippen LogP contribution in [0.4, 0.5) is 4.79 Å². The maximum absolute atomic E-state index is 11.6. The van der Waals surface area contributed by atoms with E-state index >= 15 is 0 Å². The van der Waals surface area contributed by atoms with E-state index in [0.717, 1.165) is 11.3 Å². The molecule has 2 aromatic rings. The van der Waals surface area contributed by atoms with Crippen LogP contribution in [0.1, 0.15) is 32.0 Å². The van der Waals surface area contributed by atoms with Gasteiger partial charge >= 0.3 is 6.09 Å². The standard InChI is InChI=1S/C21H28N2O4/c1-21(2,3)27-20(24)22-13-12-18-10-7-11-19(23-18)26-15-14-25-16-17-8-5-4-6-9-17/h4-11H,12-16H2,1-3H3,(H,22,24). The van der Waals surface area contributed by atoms with Crippen LogP contribution in [0.2, 0.25) is 0 Å². The fraction of sp³-hybridized carbons (Fsp3) is 0.429. The molecular formula is C21H28N2O4. The minimum atomic E-state index is -0.501. The number of carbonyl (C=O) groups is 1. The number of ether oxygens (including phenoxy) is 3. The molecule has 0 unspecified atom stereocenters. The fourth-order valence-electron chi connectivity index (χ4n) is 2.25. The molecule has 0 radical (unpaired) electrons. The predicted octanol–water partition coefficient (Wildman–Crippen LogP) is 3.74. The van der Waals surface area contributed by atoms with Gasteiger partial charge in [-0.1, -0.05) is 36.4 Å². The van der Waals surface area contributed by atoms with Crippen molar-refractivity contribution in [1.29, 1.82) is 0 Å². The first-order valence-corrected chi connectivity index (χ1v) is 9.10. The van der Waals surface area contributed by atoms with E-state index in [1.54, 1.807) is 0 Å². The van der Waals surface area contributed by atoms with Crippen molar-refractivity contribution in [2.75, 3.05) is 19.8 Å². The number of amides is 1. The van der Waals surface area contributed by atoms with E-state index in [1.165, 1.54) is 0 Å². The Morgan fingerprint density at radius 3 is 2.56 bits per heavy atom. The molecule has 146 valence electrons. The zero-order valence-corrected chi connectivity index (χ0v) is 16.2. The van der Waals surface area contributed by atoms with Crippen molar-refractivity contribution >= 4 is 6.09 Å². The lowest BCUT2D eigenvalue weighted by Gasteiger charge is -2.19. The van der Waals surface area contributed by atoms with Crippen LogP contribution in [0.15, 0.2) is 48.5 Å². The van der Waals surface area contributed by atoms with Crippen LogP contribution >= 0.6 is 0 Å². The molecule has 1 aromatic heterocycles. The van der Waals surface area contributed by atoms with Crippen LogP contribution in [-0.4, -0.2) is 36.4 Å². The first kappa shape index (κ1) is 20.7. The lowest BCUT2D eigenvalue weighted by molar-refractivity contribution is 0.0528. The van der Waals surface area contributed by atoms with Crippen molar-refractivity contribution in [3.8, 4) is 5.88 Å². The van der Waals surface area contributed by atoms with Gasteiger partial charge in [-0.25, -0.2) is 9.78 Å². The Hall–Kier alpha value is -2.60. The Bertz CT molecular complexity index is 699. The number of nitrogens with zero attached hydrogens (tertiary/aromatic N) is 1. The molecule has 2 rings (SSSR count). The molecule has 0 atom stereocenters. The lowest BCUT2D eigenvalue weighted by Crippen LogP contribution is -2.33. The number of pyridine rings is 1. The molecule has 1 N–H and O–H groups in total. The molecule has 6 heteroatoms. The highest BCUT2D eigenvalue weighted by Gasteiger charge is 2.15. The number of nitrogens with one attached hydrogen (secondary N) is 1. The molecule has 0 spiro atoms. The number of alkyl carbamates (subject to hydrolysis) is 1. The van der Waals surface area contributed by atoms with Crippen LogP contribution in [0, 0.1) is 0 Å². The summed E-state index contributed by atoms with van der Waals surface area (Å²) in [5.41, 5.74) is 1.47. The van der Waals surface area contributed by atoms with Gasteiger partial charge in [0.25, 0.3) is 0 Å². The molecule has 1 amide bonds. The average molecular weight is 372 g/mol. The zero-order chi connectivity index (χ0) is 19.5. The second-order valence-electron chi connectivity index (χ2n) is 7.03. The Labute approximate surface area is 160 Å². The third-order valence-corrected chi connectivity index (χ3v) is 3.42. The number of carbonyl (C=O) groups excluding carboxylic acids is 1. The molecule has 0 saturated heterocycles. The SMILES string of the molecule is CC(C)(C)OC(=O)NCCc1cccc(OCCOCc2ccccc2)n1. The summed E-state index contributed by atoms with van der Waals surface area (Å²) in [4.78, 5) is 16.1. The van der Waals surface area contributed by atoms with Crippen molar-refractivity contribution < 1.29 is 19.0 Å². The highest BCUT2D eigenvalue weighted by molar-refractivity contribution is 5.67. The van der Waals surface area contributed by atoms with Crippen LogP contribution < -0.4 is 10.1 Å². The van der Waals surface area contributed by atoms with E-state index < -0.39 is 11.7 Å². The van der Waals surface area contributed by atoms with Gasteiger partial charge in [0.15, 0.2) is 0 Å². The van der Waals surface area contributed by atoms with Crippen LogP contribution in [0.5, 0.6) is 5.88 Å². The van der Waals surface area contributed by atoms with E-state index in [9.17, 15) is 4.79 Å². The van der Waals surface area contributed by atoms with Gasteiger partial charge in [-0.2, -0.15) is 0 Å². The van der Waals surface area contributed by atoms with E-state index in [4.69, 9.17) is 14.2 Å². The number of rotatable bonds is 9. The van der Waals surface area contributed by atoms with Crippen LogP contribution in [-0.2, 0) is 22.5 Å². The molecule has 1 aromatic carbocycles. The Morgan fingerprint density at radius 1 is 1.04 bits per heavy atom. The maximum Gasteiger partial charge on any atom is 0.407 e. The van der Waals surface area contributed by atoms with Gasteiger partial charge in [-0.15, -0.1) is 0 Å². The minimum absolute atomic E-state index is 0.425.